The first-order valence-electron chi connectivity index (χ1n) is 7.58. The quantitative estimate of drug-likeness (QED) is 0.617. The van der Waals surface area contributed by atoms with Crippen LogP contribution in [0.4, 0.5) is 5.69 Å². The van der Waals surface area contributed by atoms with E-state index in [-0.39, 0.29) is 5.91 Å². The Morgan fingerprint density at radius 1 is 0.880 bits per heavy atom. The number of methoxy groups -OCH3 is 1. The molecule has 5 heteroatoms. The minimum absolute atomic E-state index is 0.291. The lowest BCUT2D eigenvalue weighted by Crippen LogP contribution is -2.12. The lowest BCUT2D eigenvalue weighted by molar-refractivity contribution is 0.102. The number of halogens is 2. The molecule has 0 radical (unpaired) electrons. The summed E-state index contributed by atoms with van der Waals surface area (Å²) < 4.78 is 5.09. The van der Waals surface area contributed by atoms with E-state index >= 15 is 0 Å². The molecule has 3 aromatic carbocycles. The van der Waals surface area contributed by atoms with Crippen molar-refractivity contribution in [1.82, 2.24) is 0 Å². The maximum Gasteiger partial charge on any atom is 0.255 e. The molecule has 0 aliphatic heterocycles. The predicted octanol–water partition coefficient (Wildman–Crippen LogP) is 5.92. The first kappa shape index (κ1) is 17.3. The van der Waals surface area contributed by atoms with Gasteiger partial charge in [-0.3, -0.25) is 4.79 Å². The fourth-order valence-electron chi connectivity index (χ4n) is 2.47. The Morgan fingerprint density at radius 2 is 1.44 bits per heavy atom. The van der Waals surface area contributed by atoms with Gasteiger partial charge in [0.25, 0.3) is 5.91 Å². The molecule has 0 aliphatic rings. The molecule has 3 nitrogen and oxygen atoms in total. The zero-order valence-electron chi connectivity index (χ0n) is 13.4. The number of carbonyl (C=O) groups is 1. The molecule has 0 heterocycles. The minimum atomic E-state index is -0.293. The van der Waals surface area contributed by atoms with Crippen molar-refractivity contribution in [3.05, 3.63) is 82.3 Å². The van der Waals surface area contributed by atoms with E-state index in [1.165, 1.54) is 19.2 Å². The number of anilines is 1. The number of ether oxygens (including phenoxy) is 1. The zero-order valence-corrected chi connectivity index (χ0v) is 14.9. The summed E-state index contributed by atoms with van der Waals surface area (Å²) in [6, 6.07) is 20.7. The van der Waals surface area contributed by atoms with Gasteiger partial charge in [-0.1, -0.05) is 65.7 Å². The maximum atomic E-state index is 12.4. The highest BCUT2D eigenvalue weighted by molar-refractivity contribution is 6.37. The summed E-state index contributed by atoms with van der Waals surface area (Å²) in [6.45, 7) is 0. The Morgan fingerprint density at radius 3 is 2.00 bits per heavy atom. The van der Waals surface area contributed by atoms with Crippen LogP contribution in [-0.4, -0.2) is 13.0 Å². The van der Waals surface area contributed by atoms with Gasteiger partial charge >= 0.3 is 0 Å². The third-order valence-corrected chi connectivity index (χ3v) is 4.28. The highest BCUT2D eigenvalue weighted by Crippen LogP contribution is 2.34. The van der Waals surface area contributed by atoms with E-state index in [0.29, 0.717) is 27.0 Å². The van der Waals surface area contributed by atoms with Gasteiger partial charge in [0.15, 0.2) is 5.75 Å². The number of rotatable bonds is 4. The van der Waals surface area contributed by atoms with Gasteiger partial charge in [0.1, 0.15) is 0 Å². The van der Waals surface area contributed by atoms with Gasteiger partial charge in [0, 0.05) is 11.3 Å². The van der Waals surface area contributed by atoms with Crippen LogP contribution in [-0.2, 0) is 0 Å². The molecule has 1 N–H and O–H groups in total. The number of benzene rings is 3. The number of hydrogen-bond donors (Lipinski definition) is 1. The molecule has 25 heavy (non-hydrogen) atoms. The molecule has 0 fully saturated rings. The van der Waals surface area contributed by atoms with Gasteiger partial charge in [0.2, 0.25) is 0 Å². The normalized spacial score (nSPS) is 10.4. The van der Waals surface area contributed by atoms with Gasteiger partial charge in [-0.2, -0.15) is 0 Å². The molecular weight excluding hydrogens is 357 g/mol. The third-order valence-electron chi connectivity index (χ3n) is 3.71. The van der Waals surface area contributed by atoms with E-state index in [1.54, 1.807) is 0 Å². The van der Waals surface area contributed by atoms with Crippen LogP contribution < -0.4 is 10.1 Å². The van der Waals surface area contributed by atoms with Crippen LogP contribution in [0.25, 0.3) is 11.1 Å². The zero-order chi connectivity index (χ0) is 17.8. The van der Waals surface area contributed by atoms with Gasteiger partial charge in [0.05, 0.1) is 17.2 Å². The molecule has 0 atom stereocenters. The Labute approximate surface area is 156 Å². The monoisotopic (exact) mass is 371 g/mol. The second kappa shape index (κ2) is 7.60. The lowest BCUT2D eigenvalue weighted by atomic mass is 10.1. The Kier molecular flexibility index (Phi) is 5.27. The average molecular weight is 372 g/mol. The molecule has 0 saturated heterocycles. The van der Waals surface area contributed by atoms with Gasteiger partial charge < -0.3 is 10.1 Å². The van der Waals surface area contributed by atoms with E-state index in [2.05, 4.69) is 5.32 Å². The number of nitrogens with one attached hydrogen (secondary N) is 1. The molecule has 0 spiro atoms. The summed E-state index contributed by atoms with van der Waals surface area (Å²) in [4.78, 5) is 12.4. The Hall–Kier alpha value is -2.49. The standard InChI is InChI=1S/C20H15Cl2NO2/c1-25-19-17(21)11-15(12-18(19)22)20(24)23-16-9-7-14(8-10-16)13-5-3-2-4-6-13/h2-12H,1H3,(H,23,24). The first-order chi connectivity index (χ1) is 12.1. The molecule has 0 saturated carbocycles. The van der Waals surface area contributed by atoms with Gasteiger partial charge in [-0.15, -0.1) is 0 Å². The highest BCUT2D eigenvalue weighted by atomic mass is 35.5. The molecule has 1 amide bonds. The third kappa shape index (κ3) is 3.95. The van der Waals surface area contributed by atoms with Crippen LogP contribution in [0.5, 0.6) is 5.75 Å². The Bertz CT molecular complexity index is 870. The van der Waals surface area contributed by atoms with E-state index in [4.69, 9.17) is 27.9 Å². The fourth-order valence-corrected chi connectivity index (χ4v) is 3.11. The van der Waals surface area contributed by atoms with Crippen molar-refractivity contribution in [2.24, 2.45) is 0 Å². The van der Waals surface area contributed by atoms with Crippen LogP contribution >= 0.6 is 23.2 Å². The van der Waals surface area contributed by atoms with Crippen molar-refractivity contribution in [1.29, 1.82) is 0 Å². The van der Waals surface area contributed by atoms with Crippen molar-refractivity contribution < 1.29 is 9.53 Å². The second-order valence-electron chi connectivity index (χ2n) is 5.37. The summed E-state index contributed by atoms with van der Waals surface area (Å²) in [5, 5.41) is 3.41. The van der Waals surface area contributed by atoms with E-state index in [0.717, 1.165) is 11.1 Å². The summed E-state index contributed by atoms with van der Waals surface area (Å²) in [7, 11) is 1.47. The van der Waals surface area contributed by atoms with Crippen LogP contribution in [0, 0.1) is 0 Å². The summed E-state index contributed by atoms with van der Waals surface area (Å²) in [5.41, 5.74) is 3.25. The first-order valence-corrected chi connectivity index (χ1v) is 8.34. The molecule has 0 aliphatic carbocycles. The molecular formula is C20H15Cl2NO2. The lowest BCUT2D eigenvalue weighted by Gasteiger charge is -2.10. The van der Waals surface area contributed by atoms with Crippen molar-refractivity contribution in [3.8, 4) is 16.9 Å². The predicted molar refractivity (Wildman–Crippen MR) is 103 cm³/mol. The average Bonchev–Trinajstić information content (AvgIpc) is 2.63. The minimum Gasteiger partial charge on any atom is -0.494 e. The molecule has 3 aromatic rings. The fraction of sp³-hybridized carbons (Fsp3) is 0.0500. The van der Waals surface area contributed by atoms with Crippen LogP contribution in [0.3, 0.4) is 0 Å². The molecule has 126 valence electrons. The van der Waals surface area contributed by atoms with Gasteiger partial charge in [-0.05, 0) is 35.4 Å². The summed E-state index contributed by atoms with van der Waals surface area (Å²) in [5.74, 6) is 0.0611. The van der Waals surface area contributed by atoms with Crippen molar-refractivity contribution in [2.45, 2.75) is 0 Å². The summed E-state index contributed by atoms with van der Waals surface area (Å²) >= 11 is 12.2. The number of carbonyl (C=O) groups excluding carboxylic acids is 1. The van der Waals surface area contributed by atoms with E-state index in [9.17, 15) is 4.79 Å². The van der Waals surface area contributed by atoms with Crippen LogP contribution in [0.2, 0.25) is 10.0 Å². The molecule has 0 bridgehead atoms. The molecule has 3 rings (SSSR count). The molecule has 0 aromatic heterocycles. The van der Waals surface area contributed by atoms with Crippen molar-refractivity contribution in [2.75, 3.05) is 12.4 Å². The maximum absolute atomic E-state index is 12.4. The SMILES string of the molecule is COc1c(Cl)cc(C(=O)Nc2ccc(-c3ccccc3)cc2)cc1Cl. The van der Waals surface area contributed by atoms with E-state index < -0.39 is 0 Å². The van der Waals surface area contributed by atoms with Gasteiger partial charge in [-0.25, -0.2) is 0 Å². The second-order valence-corrected chi connectivity index (χ2v) is 6.19. The largest absolute Gasteiger partial charge is 0.494 e. The molecule has 0 unspecified atom stereocenters. The smallest absolute Gasteiger partial charge is 0.255 e. The van der Waals surface area contributed by atoms with E-state index in [1.807, 2.05) is 54.6 Å². The van der Waals surface area contributed by atoms with Crippen LogP contribution in [0.15, 0.2) is 66.7 Å². The number of hydrogen-bond acceptors (Lipinski definition) is 2. The van der Waals surface area contributed by atoms with Crippen molar-refractivity contribution in [3.63, 3.8) is 0 Å². The Balaban J connectivity index is 1.77. The topological polar surface area (TPSA) is 38.3 Å². The number of amides is 1. The highest BCUT2D eigenvalue weighted by Gasteiger charge is 2.13. The van der Waals surface area contributed by atoms with Crippen LogP contribution in [0.1, 0.15) is 10.4 Å². The summed E-state index contributed by atoms with van der Waals surface area (Å²) in [6.07, 6.45) is 0. The van der Waals surface area contributed by atoms with Crippen molar-refractivity contribution >= 4 is 34.8 Å².